The number of hydrogen-bond donors (Lipinski definition) is 0. The van der Waals surface area contributed by atoms with Crippen molar-refractivity contribution >= 4 is 0 Å². The molecule has 2 aliphatic rings. The molecule has 0 aromatic carbocycles. The van der Waals surface area contributed by atoms with E-state index in [1.807, 2.05) is 0 Å². The summed E-state index contributed by atoms with van der Waals surface area (Å²) in [5, 5.41) is 0. The van der Waals surface area contributed by atoms with Crippen molar-refractivity contribution in [3.8, 4) is 0 Å². The molecule has 22 heteroatoms. The lowest BCUT2D eigenvalue weighted by Gasteiger charge is -2.29. The molecule has 0 aliphatic carbocycles. The van der Waals surface area contributed by atoms with Gasteiger partial charge in [0.1, 0.15) is 26.4 Å². The quantitative estimate of drug-likeness (QED) is 0.317. The van der Waals surface area contributed by atoms with Gasteiger partial charge in [-0.2, -0.15) is 61.5 Å². The van der Waals surface area contributed by atoms with E-state index in [-0.39, 0.29) is 26.4 Å². The first kappa shape index (κ1) is 34.6. The van der Waals surface area contributed by atoms with Crippen LogP contribution in [0.25, 0.3) is 0 Å². The molecule has 0 saturated carbocycles. The van der Waals surface area contributed by atoms with Gasteiger partial charge in [0.2, 0.25) is 0 Å². The van der Waals surface area contributed by atoms with Crippen molar-refractivity contribution < 1.29 is 98.0 Å². The molecule has 0 radical (unpaired) electrons. The predicted octanol–water partition coefficient (Wildman–Crippen LogP) is 7.05. The largest absolute Gasteiger partial charge is 0.559 e. The fraction of sp³-hybridized carbons (Fsp3) is 0.692. The summed E-state index contributed by atoms with van der Waals surface area (Å²) >= 11 is 0. The van der Waals surface area contributed by atoms with Crippen molar-refractivity contribution in [1.29, 1.82) is 0 Å². The maximum absolute atomic E-state index is 11.6. The van der Waals surface area contributed by atoms with Crippen molar-refractivity contribution in [2.75, 3.05) is 26.4 Å². The summed E-state index contributed by atoms with van der Waals surface area (Å²) in [5.74, 6) is -15.5. The van der Waals surface area contributed by atoms with E-state index < -0.39 is 54.7 Å². The molecule has 0 N–H and O–H groups in total. The highest BCUT2D eigenvalue weighted by Crippen LogP contribution is 2.53. The first-order chi connectivity index (χ1) is 15.4. The SMILES string of the molecule is FC(F)(F)C(F)(F)C(F)(F)C(F)(F)F.FC(F)(F)F.FC(F)=C1OCCO1.FC(F)=C1OCCO1. The zero-order valence-electron chi connectivity index (χ0n) is 15.8. The molecule has 35 heavy (non-hydrogen) atoms. The second kappa shape index (κ2) is 12.9. The van der Waals surface area contributed by atoms with Crippen LogP contribution in [0.4, 0.5) is 79.0 Å². The Hall–Kier alpha value is -2.58. The number of alkyl halides is 14. The molecule has 0 spiro atoms. The smallest absolute Gasteiger partial charge is 0.458 e. The van der Waals surface area contributed by atoms with Gasteiger partial charge in [-0.3, -0.25) is 0 Å². The number of ether oxygens (including phenoxy) is 4. The van der Waals surface area contributed by atoms with Gasteiger partial charge in [0.05, 0.1) is 0 Å². The van der Waals surface area contributed by atoms with E-state index in [1.165, 1.54) is 0 Å². The summed E-state index contributed by atoms with van der Waals surface area (Å²) in [5.41, 5.74) is 0. The van der Waals surface area contributed by atoms with Gasteiger partial charge in [-0.05, 0) is 0 Å². The first-order valence-corrected chi connectivity index (χ1v) is 7.62. The molecule has 0 bridgehead atoms. The summed E-state index contributed by atoms with van der Waals surface area (Å²) < 4.78 is 215. The van der Waals surface area contributed by atoms with Gasteiger partial charge in [0, 0.05) is 0 Å². The molecular formula is C13H8F18O4. The standard InChI is InChI=1S/C4F10.2C4H4F2O2.CF4/c5-1(6,3(9,10)11)2(7,8)4(12,13)14;2*5-3(6)4-7-1-2-8-4;2-1(3,4)5/h;2*1-2H2;. The average molecular weight is 570 g/mol. The van der Waals surface area contributed by atoms with Crippen molar-refractivity contribution in [1.82, 2.24) is 0 Å². The molecule has 2 fully saturated rings. The van der Waals surface area contributed by atoms with E-state index in [1.54, 1.807) is 0 Å². The molecule has 0 aromatic rings. The second-order valence-electron chi connectivity index (χ2n) is 5.06. The fourth-order valence-corrected chi connectivity index (χ4v) is 1.20. The summed E-state index contributed by atoms with van der Waals surface area (Å²) in [6.45, 7) is 0.915. The normalized spacial score (nSPS) is 16.1. The molecule has 2 saturated heterocycles. The van der Waals surface area contributed by atoms with Gasteiger partial charge >= 0.3 is 54.7 Å². The van der Waals surface area contributed by atoms with Crippen LogP contribution < -0.4 is 0 Å². The highest BCUT2D eigenvalue weighted by atomic mass is 19.5. The minimum atomic E-state index is -7.14. The van der Waals surface area contributed by atoms with E-state index >= 15 is 0 Å². The van der Waals surface area contributed by atoms with Gasteiger partial charge in [0.15, 0.2) is 0 Å². The number of halogens is 18. The minimum absolute atomic E-state index is 0.229. The summed E-state index contributed by atoms with van der Waals surface area (Å²) in [6.07, 6.45) is -23.2. The molecule has 2 rings (SSSR count). The zero-order chi connectivity index (χ0) is 28.5. The Balaban J connectivity index is 0. The van der Waals surface area contributed by atoms with Crippen LogP contribution >= 0.6 is 0 Å². The van der Waals surface area contributed by atoms with Crippen molar-refractivity contribution in [2.24, 2.45) is 0 Å². The molecular weight excluding hydrogens is 562 g/mol. The Kier molecular flexibility index (Phi) is 12.8. The molecule has 2 aliphatic heterocycles. The topological polar surface area (TPSA) is 36.9 Å². The Labute approximate surface area is 180 Å². The van der Waals surface area contributed by atoms with Crippen LogP contribution in [0.5, 0.6) is 0 Å². The number of rotatable bonds is 1. The Morgan fingerprint density at radius 3 is 0.686 bits per heavy atom. The predicted molar refractivity (Wildman–Crippen MR) is 71.5 cm³/mol. The highest BCUT2D eigenvalue weighted by Gasteiger charge is 2.82. The van der Waals surface area contributed by atoms with Gasteiger partial charge in [-0.25, -0.2) is 0 Å². The van der Waals surface area contributed by atoms with Crippen molar-refractivity contribution in [2.45, 2.75) is 30.6 Å². The zero-order valence-corrected chi connectivity index (χ0v) is 15.8. The van der Waals surface area contributed by atoms with Crippen LogP contribution in [0.3, 0.4) is 0 Å². The third-order valence-corrected chi connectivity index (χ3v) is 2.51. The van der Waals surface area contributed by atoms with Gasteiger partial charge in [0.25, 0.3) is 0 Å². The van der Waals surface area contributed by atoms with E-state index in [0.717, 1.165) is 0 Å². The van der Waals surface area contributed by atoms with E-state index in [2.05, 4.69) is 18.9 Å². The van der Waals surface area contributed by atoms with Crippen LogP contribution in [0.2, 0.25) is 0 Å². The Morgan fingerprint density at radius 2 is 0.600 bits per heavy atom. The van der Waals surface area contributed by atoms with Crippen molar-refractivity contribution in [3.63, 3.8) is 0 Å². The second-order valence-corrected chi connectivity index (χ2v) is 5.06. The van der Waals surface area contributed by atoms with Crippen molar-refractivity contribution in [3.05, 3.63) is 24.1 Å². The van der Waals surface area contributed by atoms with Crippen LogP contribution in [0.1, 0.15) is 0 Å². The minimum Gasteiger partial charge on any atom is -0.458 e. The Morgan fingerprint density at radius 1 is 0.429 bits per heavy atom. The number of hydrogen-bond acceptors (Lipinski definition) is 4. The van der Waals surface area contributed by atoms with Crippen LogP contribution in [0, 0.1) is 0 Å². The van der Waals surface area contributed by atoms with E-state index in [0.29, 0.717) is 0 Å². The lowest BCUT2D eigenvalue weighted by atomic mass is 10.1. The summed E-state index contributed by atoms with van der Waals surface area (Å²) in [7, 11) is 0. The molecule has 0 amide bonds. The van der Waals surface area contributed by atoms with E-state index in [4.69, 9.17) is 0 Å². The van der Waals surface area contributed by atoms with Gasteiger partial charge in [-0.15, -0.1) is 17.6 Å². The van der Waals surface area contributed by atoms with Gasteiger partial charge < -0.3 is 18.9 Å². The third kappa shape index (κ3) is 12.6. The fourth-order valence-electron chi connectivity index (χ4n) is 1.20. The van der Waals surface area contributed by atoms with Gasteiger partial charge in [-0.1, -0.05) is 0 Å². The van der Waals surface area contributed by atoms with Crippen LogP contribution in [0.15, 0.2) is 24.1 Å². The summed E-state index contributed by atoms with van der Waals surface area (Å²) in [6, 6.07) is 0. The molecule has 210 valence electrons. The van der Waals surface area contributed by atoms with Crippen LogP contribution in [-0.2, 0) is 18.9 Å². The molecule has 0 aromatic heterocycles. The van der Waals surface area contributed by atoms with E-state index in [9.17, 15) is 79.0 Å². The molecule has 0 unspecified atom stereocenters. The molecule has 4 nitrogen and oxygen atoms in total. The lowest BCUT2D eigenvalue weighted by molar-refractivity contribution is -0.419. The maximum Gasteiger partial charge on any atom is 0.559 e. The first-order valence-electron chi connectivity index (χ1n) is 7.62. The van der Waals surface area contributed by atoms with Crippen LogP contribution in [-0.4, -0.2) is 57.1 Å². The maximum atomic E-state index is 11.6. The highest BCUT2D eigenvalue weighted by molar-refractivity contribution is 4.95. The average Bonchev–Trinajstić information content (AvgIpc) is 3.33. The molecule has 0 atom stereocenters. The summed E-state index contributed by atoms with van der Waals surface area (Å²) in [4.78, 5) is 0. The monoisotopic (exact) mass is 570 g/mol. The lowest BCUT2D eigenvalue weighted by Crippen LogP contribution is -2.59. The molecule has 2 heterocycles. The third-order valence-electron chi connectivity index (χ3n) is 2.51. The Bertz CT molecular complexity index is 621.